The van der Waals surface area contributed by atoms with Gasteiger partial charge in [0.05, 0.1) is 23.5 Å². The average molecular weight is 237 g/mol. The Hall–Kier alpha value is -1.75. The number of hydrogen-bond acceptors (Lipinski definition) is 4. The largest absolute Gasteiger partial charge is 0.396 e. The summed E-state index contributed by atoms with van der Waals surface area (Å²) in [6.07, 6.45) is 0. The molecule has 0 aliphatic carbocycles. The van der Waals surface area contributed by atoms with E-state index in [0.29, 0.717) is 30.2 Å². The van der Waals surface area contributed by atoms with Crippen LogP contribution in [0, 0.1) is 0 Å². The van der Waals surface area contributed by atoms with Gasteiger partial charge in [-0.3, -0.25) is 4.79 Å². The number of nitrogens with two attached hydrogens (primary N) is 2. The van der Waals surface area contributed by atoms with Gasteiger partial charge in [0.2, 0.25) is 0 Å². The van der Waals surface area contributed by atoms with Gasteiger partial charge in [-0.2, -0.15) is 0 Å². The summed E-state index contributed by atoms with van der Waals surface area (Å²) in [5.74, 6) is -0.524. The molecule has 94 valence electrons. The molecular weight excluding hydrogens is 218 g/mol. The van der Waals surface area contributed by atoms with E-state index in [2.05, 4.69) is 5.32 Å². The Morgan fingerprint density at radius 1 is 1.53 bits per heavy atom. The fourth-order valence-corrected chi connectivity index (χ4v) is 1.51. The van der Waals surface area contributed by atoms with Gasteiger partial charge in [0, 0.05) is 12.6 Å². The van der Waals surface area contributed by atoms with Crippen molar-refractivity contribution in [2.24, 2.45) is 5.73 Å². The maximum absolute atomic E-state index is 11.1. The van der Waals surface area contributed by atoms with Crippen LogP contribution < -0.4 is 16.8 Å². The first-order valence-corrected chi connectivity index (χ1v) is 5.58. The maximum Gasteiger partial charge on any atom is 0.250 e. The lowest BCUT2D eigenvalue weighted by Crippen LogP contribution is -2.23. The number of para-hydroxylation sites is 1. The summed E-state index contributed by atoms with van der Waals surface area (Å²) < 4.78 is 5.29. The predicted molar refractivity (Wildman–Crippen MR) is 69.0 cm³/mol. The Kier molecular flexibility index (Phi) is 4.78. The normalized spacial score (nSPS) is 12.1. The van der Waals surface area contributed by atoms with E-state index in [4.69, 9.17) is 16.2 Å². The summed E-state index contributed by atoms with van der Waals surface area (Å²) in [5.41, 5.74) is 12.5. The summed E-state index contributed by atoms with van der Waals surface area (Å²) in [4.78, 5) is 11.1. The molecule has 0 fully saturated rings. The molecule has 0 aliphatic rings. The van der Waals surface area contributed by atoms with Gasteiger partial charge in [-0.15, -0.1) is 0 Å². The zero-order valence-corrected chi connectivity index (χ0v) is 10.2. The highest BCUT2D eigenvalue weighted by molar-refractivity contribution is 6.00. The molecule has 17 heavy (non-hydrogen) atoms. The maximum atomic E-state index is 11.1. The zero-order chi connectivity index (χ0) is 12.8. The van der Waals surface area contributed by atoms with E-state index in [1.165, 1.54) is 0 Å². The summed E-state index contributed by atoms with van der Waals surface area (Å²) in [6.45, 7) is 5.17. The van der Waals surface area contributed by atoms with Crippen molar-refractivity contribution in [3.8, 4) is 0 Å². The predicted octanol–water partition coefficient (Wildman–Crippen LogP) is 1.20. The number of carbonyl (C=O) groups excluding carboxylic acids is 1. The van der Waals surface area contributed by atoms with Crippen LogP contribution in [0.1, 0.15) is 24.2 Å². The molecule has 0 bridgehead atoms. The minimum atomic E-state index is -0.524. The van der Waals surface area contributed by atoms with Crippen LogP contribution in [0.25, 0.3) is 0 Å². The molecule has 1 amide bonds. The molecule has 0 saturated heterocycles. The van der Waals surface area contributed by atoms with Crippen molar-refractivity contribution in [1.82, 2.24) is 0 Å². The monoisotopic (exact) mass is 237 g/mol. The van der Waals surface area contributed by atoms with E-state index in [9.17, 15) is 4.79 Å². The van der Waals surface area contributed by atoms with Crippen LogP contribution in [-0.2, 0) is 4.74 Å². The molecule has 0 saturated carbocycles. The minimum absolute atomic E-state index is 0.111. The van der Waals surface area contributed by atoms with E-state index in [-0.39, 0.29) is 6.04 Å². The smallest absolute Gasteiger partial charge is 0.250 e. The SMILES string of the molecule is CCOCC(C)Nc1cccc(C(N)=O)c1N. The molecule has 0 heterocycles. The number of ether oxygens (including phenoxy) is 1. The molecule has 1 rings (SSSR count). The third kappa shape index (κ3) is 3.64. The van der Waals surface area contributed by atoms with Gasteiger partial charge >= 0.3 is 0 Å². The summed E-state index contributed by atoms with van der Waals surface area (Å²) in [5, 5.41) is 3.18. The lowest BCUT2D eigenvalue weighted by Gasteiger charge is -2.17. The number of hydrogen-bond donors (Lipinski definition) is 3. The highest BCUT2D eigenvalue weighted by Gasteiger charge is 2.10. The lowest BCUT2D eigenvalue weighted by molar-refractivity contribution is 0.100. The van der Waals surface area contributed by atoms with Gasteiger partial charge in [-0.05, 0) is 26.0 Å². The van der Waals surface area contributed by atoms with Crippen LogP contribution in [0.5, 0.6) is 0 Å². The van der Waals surface area contributed by atoms with E-state index in [1.807, 2.05) is 19.9 Å². The van der Waals surface area contributed by atoms with Crippen molar-refractivity contribution >= 4 is 17.3 Å². The highest BCUT2D eigenvalue weighted by atomic mass is 16.5. The Balaban J connectivity index is 2.77. The van der Waals surface area contributed by atoms with Crippen molar-refractivity contribution in [3.05, 3.63) is 23.8 Å². The standard InChI is InChI=1S/C12H19N3O2/c1-3-17-7-8(2)15-10-6-4-5-9(11(10)13)12(14)16/h4-6,8,15H,3,7,13H2,1-2H3,(H2,14,16). The van der Waals surface area contributed by atoms with Gasteiger partial charge in [0.15, 0.2) is 0 Å². The molecule has 5 nitrogen and oxygen atoms in total. The fourth-order valence-electron chi connectivity index (χ4n) is 1.51. The third-order valence-corrected chi connectivity index (χ3v) is 2.35. The molecule has 1 aromatic carbocycles. The van der Waals surface area contributed by atoms with Gasteiger partial charge in [-0.1, -0.05) is 6.07 Å². The first kappa shape index (κ1) is 13.3. The fraction of sp³-hybridized carbons (Fsp3) is 0.417. The van der Waals surface area contributed by atoms with E-state index in [0.717, 1.165) is 0 Å². The second-order valence-corrected chi connectivity index (χ2v) is 3.84. The highest BCUT2D eigenvalue weighted by Crippen LogP contribution is 2.23. The molecule has 0 aromatic heterocycles. The molecule has 1 atom stereocenters. The third-order valence-electron chi connectivity index (χ3n) is 2.35. The van der Waals surface area contributed by atoms with Crippen molar-refractivity contribution in [2.45, 2.75) is 19.9 Å². The number of rotatable bonds is 6. The first-order chi connectivity index (χ1) is 8.06. The molecule has 5 heteroatoms. The second-order valence-electron chi connectivity index (χ2n) is 3.84. The number of amides is 1. The number of anilines is 2. The topological polar surface area (TPSA) is 90.4 Å². The molecule has 5 N–H and O–H groups in total. The van der Waals surface area contributed by atoms with Crippen LogP contribution in [0.15, 0.2) is 18.2 Å². The zero-order valence-electron chi connectivity index (χ0n) is 10.2. The number of nitrogens with one attached hydrogen (secondary N) is 1. The van der Waals surface area contributed by atoms with Crippen molar-refractivity contribution in [2.75, 3.05) is 24.3 Å². The van der Waals surface area contributed by atoms with Crippen LogP contribution in [-0.4, -0.2) is 25.2 Å². The number of benzene rings is 1. The quantitative estimate of drug-likeness (QED) is 0.648. The van der Waals surface area contributed by atoms with E-state index < -0.39 is 5.91 Å². The minimum Gasteiger partial charge on any atom is -0.396 e. The Bertz CT molecular complexity index is 393. The van der Waals surface area contributed by atoms with Crippen LogP contribution in [0.4, 0.5) is 11.4 Å². The van der Waals surface area contributed by atoms with Crippen LogP contribution in [0.2, 0.25) is 0 Å². The number of carbonyl (C=O) groups is 1. The summed E-state index contributed by atoms with van der Waals surface area (Å²) >= 11 is 0. The Labute approximate surface area is 101 Å². The van der Waals surface area contributed by atoms with Gasteiger partial charge in [0.25, 0.3) is 5.91 Å². The van der Waals surface area contributed by atoms with Crippen LogP contribution in [0.3, 0.4) is 0 Å². The second kappa shape index (κ2) is 6.10. The Morgan fingerprint density at radius 2 is 2.24 bits per heavy atom. The molecule has 0 spiro atoms. The van der Waals surface area contributed by atoms with E-state index >= 15 is 0 Å². The summed E-state index contributed by atoms with van der Waals surface area (Å²) in [6, 6.07) is 5.27. The molecule has 0 aliphatic heterocycles. The summed E-state index contributed by atoms with van der Waals surface area (Å²) in [7, 11) is 0. The van der Waals surface area contributed by atoms with Crippen LogP contribution >= 0.6 is 0 Å². The Morgan fingerprint density at radius 3 is 2.82 bits per heavy atom. The van der Waals surface area contributed by atoms with E-state index in [1.54, 1.807) is 12.1 Å². The lowest BCUT2D eigenvalue weighted by atomic mass is 10.1. The number of primary amides is 1. The van der Waals surface area contributed by atoms with Crippen molar-refractivity contribution in [3.63, 3.8) is 0 Å². The molecule has 1 aromatic rings. The van der Waals surface area contributed by atoms with Crippen molar-refractivity contribution in [1.29, 1.82) is 0 Å². The van der Waals surface area contributed by atoms with Gasteiger partial charge in [-0.25, -0.2) is 0 Å². The van der Waals surface area contributed by atoms with Gasteiger partial charge in [0.1, 0.15) is 0 Å². The van der Waals surface area contributed by atoms with Gasteiger partial charge < -0.3 is 21.5 Å². The molecular formula is C12H19N3O2. The van der Waals surface area contributed by atoms with Crippen molar-refractivity contribution < 1.29 is 9.53 Å². The molecule has 0 radical (unpaired) electrons. The molecule has 1 unspecified atom stereocenters. The first-order valence-electron chi connectivity index (χ1n) is 5.58. The average Bonchev–Trinajstić information content (AvgIpc) is 2.28. The number of nitrogen functional groups attached to an aromatic ring is 1.